The number of aromatic nitrogens is 1. The Morgan fingerprint density at radius 2 is 1.81 bits per heavy atom. The zero-order valence-corrected chi connectivity index (χ0v) is 15.0. The number of non-ortho nitro benzene ring substituents is 1. The molecule has 0 fully saturated rings. The number of benzene rings is 2. The maximum Gasteiger partial charge on any atom is 0.337 e. The summed E-state index contributed by atoms with van der Waals surface area (Å²) in [6, 6.07) is 8.58. The molecular formula is C17H13N3O6S. The molecule has 1 amide bonds. The maximum atomic E-state index is 12.4. The first-order valence-corrected chi connectivity index (χ1v) is 8.37. The molecule has 0 saturated heterocycles. The topological polar surface area (TPSA) is 121 Å². The van der Waals surface area contributed by atoms with E-state index in [2.05, 4.69) is 15.0 Å². The number of thiazole rings is 1. The molecule has 3 aromatic rings. The van der Waals surface area contributed by atoms with Gasteiger partial charge in [0, 0.05) is 11.6 Å². The van der Waals surface area contributed by atoms with E-state index in [1.165, 1.54) is 50.6 Å². The number of esters is 1. The van der Waals surface area contributed by atoms with Crippen molar-refractivity contribution in [3.63, 3.8) is 0 Å². The van der Waals surface area contributed by atoms with Crippen LogP contribution in [-0.2, 0) is 4.74 Å². The van der Waals surface area contributed by atoms with Crippen LogP contribution in [0.5, 0.6) is 5.75 Å². The molecule has 0 aliphatic rings. The summed E-state index contributed by atoms with van der Waals surface area (Å²) in [6.07, 6.45) is 0. The average Bonchev–Trinajstić information content (AvgIpc) is 3.08. The lowest BCUT2D eigenvalue weighted by Gasteiger charge is -2.03. The van der Waals surface area contributed by atoms with Crippen molar-refractivity contribution in [1.82, 2.24) is 4.98 Å². The zero-order chi connectivity index (χ0) is 19.6. The first kappa shape index (κ1) is 18.3. The van der Waals surface area contributed by atoms with Crippen LogP contribution in [0.3, 0.4) is 0 Å². The van der Waals surface area contributed by atoms with Crippen molar-refractivity contribution in [3.05, 3.63) is 57.6 Å². The Kier molecular flexibility index (Phi) is 4.99. The molecule has 27 heavy (non-hydrogen) atoms. The monoisotopic (exact) mass is 387 g/mol. The normalized spacial score (nSPS) is 10.4. The lowest BCUT2D eigenvalue weighted by Crippen LogP contribution is -2.12. The second-order valence-corrected chi connectivity index (χ2v) is 6.32. The Morgan fingerprint density at radius 1 is 1.15 bits per heavy atom. The molecule has 1 heterocycles. The molecule has 0 aliphatic heterocycles. The summed E-state index contributed by atoms with van der Waals surface area (Å²) in [5, 5.41) is 13.9. The van der Waals surface area contributed by atoms with Gasteiger partial charge in [0.05, 0.1) is 35.5 Å². The van der Waals surface area contributed by atoms with Crippen LogP contribution in [0.2, 0.25) is 0 Å². The van der Waals surface area contributed by atoms with Crippen LogP contribution in [-0.4, -0.2) is 36.0 Å². The van der Waals surface area contributed by atoms with Crippen LogP contribution in [0.25, 0.3) is 10.2 Å². The number of ether oxygens (including phenoxy) is 2. The van der Waals surface area contributed by atoms with Gasteiger partial charge in [0.2, 0.25) is 0 Å². The van der Waals surface area contributed by atoms with Gasteiger partial charge in [-0.05, 0) is 24.3 Å². The number of anilines is 1. The largest absolute Gasteiger partial charge is 0.494 e. The number of nitro groups is 1. The molecule has 0 saturated carbocycles. The summed E-state index contributed by atoms with van der Waals surface area (Å²) in [7, 11) is 2.66. The van der Waals surface area contributed by atoms with Gasteiger partial charge in [0.15, 0.2) is 10.9 Å². The van der Waals surface area contributed by atoms with Gasteiger partial charge in [-0.1, -0.05) is 11.3 Å². The van der Waals surface area contributed by atoms with E-state index in [1.807, 2.05) is 0 Å². The first-order valence-electron chi connectivity index (χ1n) is 7.55. The molecule has 0 atom stereocenters. The van der Waals surface area contributed by atoms with Crippen molar-refractivity contribution in [3.8, 4) is 5.75 Å². The number of rotatable bonds is 5. The molecule has 1 N–H and O–H groups in total. The number of carbonyl (C=O) groups is 2. The molecule has 3 rings (SSSR count). The highest BCUT2D eigenvalue weighted by Crippen LogP contribution is 2.36. The third-order valence-corrected chi connectivity index (χ3v) is 4.58. The molecular weight excluding hydrogens is 374 g/mol. The Bertz CT molecular complexity index is 1040. The highest BCUT2D eigenvalue weighted by molar-refractivity contribution is 7.22. The Balaban J connectivity index is 1.86. The minimum atomic E-state index is -0.525. The number of fused-ring (bicyclic) bond motifs is 1. The van der Waals surface area contributed by atoms with E-state index in [1.54, 1.807) is 0 Å². The van der Waals surface area contributed by atoms with E-state index >= 15 is 0 Å². The summed E-state index contributed by atoms with van der Waals surface area (Å²) in [4.78, 5) is 38.6. The summed E-state index contributed by atoms with van der Waals surface area (Å²) >= 11 is 1.09. The fourth-order valence-electron chi connectivity index (χ4n) is 2.34. The molecule has 1 aromatic heterocycles. The first-order chi connectivity index (χ1) is 12.9. The lowest BCUT2D eigenvalue weighted by molar-refractivity contribution is -0.384. The fraction of sp³-hybridized carbons (Fsp3) is 0.118. The SMILES string of the molecule is COC(=O)c1ccc(C(=O)Nc2nc3c(OC)cc([N+](=O)[O-])cc3s2)cc1. The Hall–Kier alpha value is -3.53. The number of hydrogen-bond donors (Lipinski definition) is 1. The quantitative estimate of drug-likeness (QED) is 0.405. The van der Waals surface area contributed by atoms with Crippen molar-refractivity contribution >= 4 is 44.2 Å². The van der Waals surface area contributed by atoms with Gasteiger partial charge in [-0.2, -0.15) is 0 Å². The van der Waals surface area contributed by atoms with Crippen molar-refractivity contribution < 1.29 is 24.0 Å². The minimum Gasteiger partial charge on any atom is -0.494 e. The van der Waals surface area contributed by atoms with E-state index in [0.29, 0.717) is 21.3 Å². The van der Waals surface area contributed by atoms with Gasteiger partial charge < -0.3 is 9.47 Å². The van der Waals surface area contributed by atoms with E-state index in [4.69, 9.17) is 4.74 Å². The highest BCUT2D eigenvalue weighted by atomic mass is 32.1. The summed E-state index contributed by atoms with van der Waals surface area (Å²) < 4.78 is 10.3. The number of hydrogen-bond acceptors (Lipinski definition) is 8. The Labute approximate surface area is 156 Å². The van der Waals surface area contributed by atoms with Crippen molar-refractivity contribution in [1.29, 1.82) is 0 Å². The second kappa shape index (κ2) is 7.38. The number of nitro benzene ring substituents is 1. The molecule has 0 spiro atoms. The molecule has 2 aromatic carbocycles. The van der Waals surface area contributed by atoms with Gasteiger partial charge in [0.1, 0.15) is 5.52 Å². The maximum absolute atomic E-state index is 12.4. The predicted molar refractivity (Wildman–Crippen MR) is 98.6 cm³/mol. The van der Waals surface area contributed by atoms with Gasteiger partial charge in [-0.25, -0.2) is 9.78 Å². The molecule has 0 bridgehead atoms. The van der Waals surface area contributed by atoms with Crippen molar-refractivity contribution in [2.45, 2.75) is 0 Å². The Morgan fingerprint density at radius 3 is 2.41 bits per heavy atom. The van der Waals surface area contributed by atoms with Crippen LogP contribution in [0.1, 0.15) is 20.7 Å². The number of amides is 1. The molecule has 0 aliphatic carbocycles. The van der Waals surface area contributed by atoms with Crippen LogP contribution in [0.4, 0.5) is 10.8 Å². The van der Waals surface area contributed by atoms with Crippen molar-refractivity contribution in [2.75, 3.05) is 19.5 Å². The predicted octanol–water partition coefficient (Wildman–Crippen LogP) is 3.25. The highest BCUT2D eigenvalue weighted by Gasteiger charge is 2.18. The number of methoxy groups -OCH3 is 2. The molecule has 10 heteroatoms. The lowest BCUT2D eigenvalue weighted by atomic mass is 10.1. The van der Waals surface area contributed by atoms with Crippen LogP contribution >= 0.6 is 11.3 Å². The fourth-order valence-corrected chi connectivity index (χ4v) is 3.26. The molecule has 0 unspecified atom stereocenters. The van der Waals surface area contributed by atoms with Gasteiger partial charge in [0.25, 0.3) is 11.6 Å². The smallest absolute Gasteiger partial charge is 0.337 e. The van der Waals surface area contributed by atoms with Crippen LogP contribution in [0.15, 0.2) is 36.4 Å². The summed E-state index contributed by atoms with van der Waals surface area (Å²) in [5.74, 6) is -0.681. The zero-order valence-electron chi connectivity index (χ0n) is 14.2. The molecule has 9 nitrogen and oxygen atoms in total. The minimum absolute atomic E-state index is 0.126. The van der Waals surface area contributed by atoms with Crippen LogP contribution < -0.4 is 10.1 Å². The second-order valence-electron chi connectivity index (χ2n) is 5.29. The number of carbonyl (C=O) groups excluding carboxylic acids is 2. The van der Waals surface area contributed by atoms with Gasteiger partial charge >= 0.3 is 5.97 Å². The number of nitrogens with zero attached hydrogens (tertiary/aromatic N) is 2. The third-order valence-electron chi connectivity index (χ3n) is 3.66. The molecule has 138 valence electrons. The molecule has 0 radical (unpaired) electrons. The van der Waals surface area contributed by atoms with E-state index in [-0.39, 0.29) is 16.6 Å². The summed E-state index contributed by atoms with van der Waals surface area (Å²) in [5.41, 5.74) is 0.939. The standard InChI is InChI=1S/C17H13N3O6S/c1-25-12-7-11(20(23)24)8-13-14(12)18-17(27-13)19-15(21)9-3-5-10(6-4-9)16(22)26-2/h3-8H,1-2H3,(H,18,19,21). The van der Waals surface area contributed by atoms with Gasteiger partial charge in [-0.15, -0.1) is 0 Å². The van der Waals surface area contributed by atoms with Gasteiger partial charge in [-0.3, -0.25) is 20.2 Å². The van der Waals surface area contributed by atoms with E-state index < -0.39 is 16.8 Å². The van der Waals surface area contributed by atoms with E-state index in [0.717, 1.165) is 11.3 Å². The average molecular weight is 387 g/mol. The third kappa shape index (κ3) is 3.70. The van der Waals surface area contributed by atoms with Crippen molar-refractivity contribution in [2.24, 2.45) is 0 Å². The van der Waals surface area contributed by atoms with Crippen LogP contribution in [0, 0.1) is 10.1 Å². The summed E-state index contributed by atoms with van der Waals surface area (Å²) in [6.45, 7) is 0. The van der Waals surface area contributed by atoms with E-state index in [9.17, 15) is 19.7 Å². The number of nitrogens with one attached hydrogen (secondary N) is 1.